The summed E-state index contributed by atoms with van der Waals surface area (Å²) in [6.07, 6.45) is 8.80. The third-order valence-corrected chi connectivity index (χ3v) is 7.97. The fraction of sp³-hybridized carbons (Fsp3) is 0.692. The number of hydrazone groups is 1. The fourth-order valence-electron chi connectivity index (χ4n) is 6.84. The molecule has 0 radical (unpaired) electrons. The number of rotatable bonds is 6. The zero-order valence-electron chi connectivity index (χ0n) is 19.3. The standard InChI is InChI=1S/C26H38N2O2/c1-6-23(26-12-17-7-18(13-26)9-19(8-17)14-26)27-28-25(30)22-11-20(15(2)3)10-21(16(4)5)24(22)29/h10-11,15-19,29H,6-9,12-14H2,1-5H3,(H,28,30)/b27-23-. The average Bonchev–Trinajstić information content (AvgIpc) is 2.66. The van der Waals surface area contributed by atoms with Crippen LogP contribution in [0.25, 0.3) is 0 Å². The lowest BCUT2D eigenvalue weighted by Gasteiger charge is -2.57. The Hall–Kier alpha value is -1.84. The monoisotopic (exact) mass is 410 g/mol. The highest BCUT2D eigenvalue weighted by Gasteiger charge is 2.52. The normalized spacial score (nSPS) is 30.4. The number of hydrogen-bond acceptors (Lipinski definition) is 3. The van der Waals surface area contributed by atoms with E-state index in [1.54, 1.807) is 0 Å². The summed E-state index contributed by atoms with van der Waals surface area (Å²) in [5.41, 5.74) is 6.44. The Morgan fingerprint density at radius 1 is 1.07 bits per heavy atom. The zero-order chi connectivity index (χ0) is 21.6. The fourth-order valence-corrected chi connectivity index (χ4v) is 6.84. The molecule has 30 heavy (non-hydrogen) atoms. The van der Waals surface area contributed by atoms with Crippen molar-refractivity contribution < 1.29 is 9.90 Å². The minimum atomic E-state index is -0.299. The summed E-state index contributed by atoms with van der Waals surface area (Å²) in [6, 6.07) is 3.85. The molecule has 1 aromatic rings. The predicted molar refractivity (Wildman–Crippen MR) is 122 cm³/mol. The van der Waals surface area contributed by atoms with Gasteiger partial charge in [-0.25, -0.2) is 5.43 Å². The maximum Gasteiger partial charge on any atom is 0.275 e. The van der Waals surface area contributed by atoms with Crippen LogP contribution in [0.15, 0.2) is 17.2 Å². The van der Waals surface area contributed by atoms with Gasteiger partial charge in [0.1, 0.15) is 5.75 Å². The Bertz CT molecular complexity index is 818. The number of phenols is 1. The molecule has 5 rings (SSSR count). The summed E-state index contributed by atoms with van der Waals surface area (Å²) in [7, 11) is 0. The molecule has 4 fully saturated rings. The van der Waals surface area contributed by atoms with E-state index in [1.807, 2.05) is 26.0 Å². The van der Waals surface area contributed by atoms with Crippen LogP contribution in [-0.2, 0) is 0 Å². The Morgan fingerprint density at radius 3 is 2.10 bits per heavy atom. The number of carbonyl (C=O) groups excluding carboxylic acids is 1. The Kier molecular flexibility index (Phi) is 5.71. The molecule has 0 heterocycles. The summed E-state index contributed by atoms with van der Waals surface area (Å²) >= 11 is 0. The van der Waals surface area contributed by atoms with Crippen LogP contribution in [0.1, 0.15) is 113 Å². The molecule has 0 aromatic heterocycles. The molecule has 4 heteroatoms. The molecule has 4 aliphatic rings. The van der Waals surface area contributed by atoms with Crippen LogP contribution in [-0.4, -0.2) is 16.7 Å². The number of amides is 1. The van der Waals surface area contributed by atoms with Gasteiger partial charge in [0, 0.05) is 11.1 Å². The van der Waals surface area contributed by atoms with E-state index in [4.69, 9.17) is 5.10 Å². The highest BCUT2D eigenvalue weighted by molar-refractivity contribution is 5.99. The number of nitrogens with zero attached hydrogens (tertiary/aromatic N) is 1. The molecule has 0 aliphatic heterocycles. The van der Waals surface area contributed by atoms with E-state index in [2.05, 4.69) is 26.2 Å². The van der Waals surface area contributed by atoms with E-state index >= 15 is 0 Å². The van der Waals surface area contributed by atoms with Crippen LogP contribution in [0.2, 0.25) is 0 Å². The molecule has 4 nitrogen and oxygen atoms in total. The van der Waals surface area contributed by atoms with Crippen molar-refractivity contribution in [1.82, 2.24) is 5.43 Å². The quantitative estimate of drug-likeness (QED) is 0.424. The molecule has 0 atom stereocenters. The Balaban J connectivity index is 1.60. The molecule has 164 valence electrons. The molecular weight excluding hydrogens is 372 g/mol. The van der Waals surface area contributed by atoms with E-state index in [-0.39, 0.29) is 28.9 Å². The van der Waals surface area contributed by atoms with Gasteiger partial charge in [0.2, 0.25) is 0 Å². The summed E-state index contributed by atoms with van der Waals surface area (Å²) in [5.74, 6) is 2.79. The number of nitrogens with one attached hydrogen (secondary N) is 1. The number of phenolic OH excluding ortho intramolecular Hbond substituents is 1. The van der Waals surface area contributed by atoms with E-state index < -0.39 is 0 Å². The van der Waals surface area contributed by atoms with Crippen LogP contribution in [0, 0.1) is 23.2 Å². The van der Waals surface area contributed by atoms with Gasteiger partial charge in [-0.3, -0.25) is 4.79 Å². The highest BCUT2D eigenvalue weighted by Crippen LogP contribution is 2.60. The molecule has 0 spiro atoms. The van der Waals surface area contributed by atoms with Crippen LogP contribution in [0.3, 0.4) is 0 Å². The number of benzene rings is 1. The summed E-state index contributed by atoms with van der Waals surface area (Å²) in [6.45, 7) is 10.5. The van der Waals surface area contributed by atoms with Crippen molar-refractivity contribution in [2.24, 2.45) is 28.3 Å². The second kappa shape index (κ2) is 8.01. The summed E-state index contributed by atoms with van der Waals surface area (Å²) in [4.78, 5) is 13.1. The molecule has 4 bridgehead atoms. The summed E-state index contributed by atoms with van der Waals surface area (Å²) < 4.78 is 0. The molecule has 4 saturated carbocycles. The SMILES string of the molecule is CC/C(=N/NC(=O)c1cc(C(C)C)cc(C(C)C)c1O)C12CC3CC(CC(C3)C1)C2. The summed E-state index contributed by atoms with van der Waals surface area (Å²) in [5, 5.41) is 15.5. The van der Waals surface area contributed by atoms with Gasteiger partial charge in [-0.15, -0.1) is 0 Å². The maximum atomic E-state index is 13.1. The van der Waals surface area contributed by atoms with Crippen molar-refractivity contribution in [1.29, 1.82) is 0 Å². The third kappa shape index (κ3) is 3.78. The van der Waals surface area contributed by atoms with Gasteiger partial charge in [-0.1, -0.05) is 40.7 Å². The lowest BCUT2D eigenvalue weighted by molar-refractivity contribution is -0.0134. The van der Waals surface area contributed by atoms with Gasteiger partial charge in [0.15, 0.2) is 0 Å². The average molecular weight is 411 g/mol. The highest BCUT2D eigenvalue weighted by atomic mass is 16.3. The molecule has 1 amide bonds. The first-order valence-corrected chi connectivity index (χ1v) is 12.0. The minimum Gasteiger partial charge on any atom is -0.507 e. The molecular formula is C26H38N2O2. The van der Waals surface area contributed by atoms with Gasteiger partial charge in [0.05, 0.1) is 5.56 Å². The van der Waals surface area contributed by atoms with E-state index in [0.29, 0.717) is 5.56 Å². The first-order valence-electron chi connectivity index (χ1n) is 12.0. The van der Waals surface area contributed by atoms with Gasteiger partial charge >= 0.3 is 0 Å². The smallest absolute Gasteiger partial charge is 0.275 e. The van der Waals surface area contributed by atoms with Crippen molar-refractivity contribution in [3.63, 3.8) is 0 Å². The lowest BCUT2D eigenvalue weighted by Crippen LogP contribution is -2.50. The van der Waals surface area contributed by atoms with Gasteiger partial charge in [-0.05, 0) is 91.7 Å². The van der Waals surface area contributed by atoms with Crippen molar-refractivity contribution in [2.45, 2.75) is 91.4 Å². The van der Waals surface area contributed by atoms with E-state index in [0.717, 1.165) is 35.3 Å². The first-order chi connectivity index (χ1) is 14.2. The van der Waals surface area contributed by atoms with Crippen LogP contribution in [0.4, 0.5) is 0 Å². The minimum absolute atomic E-state index is 0.0925. The largest absolute Gasteiger partial charge is 0.507 e. The second-order valence-electron chi connectivity index (χ2n) is 10.9. The molecule has 1 aromatic carbocycles. The Morgan fingerprint density at radius 2 is 1.63 bits per heavy atom. The van der Waals surface area contributed by atoms with Crippen molar-refractivity contribution in [3.8, 4) is 5.75 Å². The van der Waals surface area contributed by atoms with Crippen molar-refractivity contribution in [2.75, 3.05) is 0 Å². The van der Waals surface area contributed by atoms with Crippen LogP contribution in [0.5, 0.6) is 5.75 Å². The van der Waals surface area contributed by atoms with Crippen LogP contribution < -0.4 is 5.43 Å². The number of hydrogen-bond donors (Lipinski definition) is 2. The van der Waals surface area contributed by atoms with E-state index in [9.17, 15) is 9.90 Å². The molecule has 0 saturated heterocycles. The molecule has 4 aliphatic carbocycles. The predicted octanol–water partition coefficient (Wildman–Crippen LogP) is 6.35. The van der Waals surface area contributed by atoms with Gasteiger partial charge < -0.3 is 5.11 Å². The Labute approximate surface area is 181 Å². The van der Waals surface area contributed by atoms with Crippen LogP contribution >= 0.6 is 0 Å². The maximum absolute atomic E-state index is 13.1. The van der Waals surface area contributed by atoms with E-state index in [1.165, 1.54) is 44.2 Å². The number of carbonyl (C=O) groups is 1. The lowest BCUT2D eigenvalue weighted by atomic mass is 9.48. The van der Waals surface area contributed by atoms with Crippen molar-refractivity contribution >= 4 is 11.6 Å². The molecule has 2 N–H and O–H groups in total. The topological polar surface area (TPSA) is 61.7 Å². The first kappa shape index (κ1) is 21.4. The second-order valence-corrected chi connectivity index (χ2v) is 10.9. The zero-order valence-corrected chi connectivity index (χ0v) is 19.3. The van der Waals surface area contributed by atoms with Crippen molar-refractivity contribution in [3.05, 3.63) is 28.8 Å². The third-order valence-electron chi connectivity index (χ3n) is 7.97. The molecule has 0 unspecified atom stereocenters. The van der Waals surface area contributed by atoms with Gasteiger partial charge in [-0.2, -0.15) is 5.10 Å². The number of aromatic hydroxyl groups is 1. The van der Waals surface area contributed by atoms with Gasteiger partial charge in [0.25, 0.3) is 5.91 Å².